The van der Waals surface area contributed by atoms with Gasteiger partial charge in [0.15, 0.2) is 0 Å². The van der Waals surface area contributed by atoms with Crippen LogP contribution in [0.2, 0.25) is 5.02 Å². The molecule has 4 nitrogen and oxygen atoms in total. The molecule has 3 aromatic carbocycles. The van der Waals surface area contributed by atoms with Crippen molar-refractivity contribution in [3.8, 4) is 0 Å². The van der Waals surface area contributed by atoms with Crippen molar-refractivity contribution < 1.29 is 8.42 Å². The maximum absolute atomic E-state index is 11.2. The van der Waals surface area contributed by atoms with Gasteiger partial charge in [-0.25, -0.2) is 8.42 Å². The molecule has 0 aliphatic rings. The second kappa shape index (κ2) is 6.28. The molecule has 0 aromatic heterocycles. The molecule has 23 heavy (non-hydrogen) atoms. The lowest BCUT2D eigenvalue weighted by Gasteiger charge is -2.03. The van der Waals surface area contributed by atoms with Crippen LogP contribution >= 0.6 is 22.3 Å². The number of fused-ring (bicyclic) bond motifs is 1. The van der Waals surface area contributed by atoms with E-state index >= 15 is 0 Å². The van der Waals surface area contributed by atoms with Gasteiger partial charge in [0, 0.05) is 16.1 Å². The Morgan fingerprint density at radius 1 is 0.826 bits per heavy atom. The highest BCUT2D eigenvalue weighted by molar-refractivity contribution is 8.13. The molecule has 3 aromatic rings. The van der Waals surface area contributed by atoms with Crippen molar-refractivity contribution in [2.45, 2.75) is 4.90 Å². The number of halogens is 2. The minimum Gasteiger partial charge on any atom is -0.207 e. The van der Waals surface area contributed by atoms with Crippen LogP contribution in [0.5, 0.6) is 0 Å². The third kappa shape index (κ3) is 3.52. The minimum atomic E-state index is -3.74. The summed E-state index contributed by atoms with van der Waals surface area (Å²) < 4.78 is 22.4. The number of benzene rings is 3. The van der Waals surface area contributed by atoms with Gasteiger partial charge in [-0.2, -0.15) is 5.11 Å². The zero-order valence-electron chi connectivity index (χ0n) is 11.6. The Balaban J connectivity index is 1.99. The number of azo groups is 1. The molecule has 116 valence electrons. The molecule has 0 aliphatic heterocycles. The topological polar surface area (TPSA) is 58.9 Å². The summed E-state index contributed by atoms with van der Waals surface area (Å²) in [4.78, 5) is 0.0151. The van der Waals surface area contributed by atoms with Crippen LogP contribution in [0.4, 0.5) is 11.4 Å². The highest BCUT2D eigenvalue weighted by atomic mass is 35.7. The molecule has 0 bridgehead atoms. The molecule has 0 amide bonds. The van der Waals surface area contributed by atoms with Gasteiger partial charge >= 0.3 is 0 Å². The predicted molar refractivity (Wildman–Crippen MR) is 92.6 cm³/mol. The van der Waals surface area contributed by atoms with E-state index < -0.39 is 9.05 Å². The zero-order chi connectivity index (χ0) is 16.4. The Hall–Kier alpha value is -1.95. The molecule has 0 radical (unpaired) electrons. The molecule has 0 heterocycles. The van der Waals surface area contributed by atoms with Crippen molar-refractivity contribution in [1.82, 2.24) is 0 Å². The first-order valence-electron chi connectivity index (χ1n) is 6.59. The van der Waals surface area contributed by atoms with E-state index in [4.69, 9.17) is 22.3 Å². The fourth-order valence-electron chi connectivity index (χ4n) is 2.11. The van der Waals surface area contributed by atoms with Crippen LogP contribution < -0.4 is 0 Å². The Morgan fingerprint density at radius 3 is 2.22 bits per heavy atom. The molecule has 0 saturated carbocycles. The summed E-state index contributed by atoms with van der Waals surface area (Å²) in [5.41, 5.74) is 1.07. The normalized spacial score (nSPS) is 12.1. The van der Waals surface area contributed by atoms with Crippen molar-refractivity contribution in [1.29, 1.82) is 0 Å². The first-order valence-corrected chi connectivity index (χ1v) is 9.27. The smallest absolute Gasteiger partial charge is 0.207 e. The Morgan fingerprint density at radius 2 is 1.52 bits per heavy atom. The molecule has 3 rings (SSSR count). The molecule has 0 atom stereocenters. The lowest BCUT2D eigenvalue weighted by Crippen LogP contribution is -1.88. The van der Waals surface area contributed by atoms with E-state index in [0.717, 1.165) is 10.8 Å². The number of hydrogen-bond acceptors (Lipinski definition) is 4. The van der Waals surface area contributed by atoms with Crippen molar-refractivity contribution >= 4 is 53.5 Å². The Kier molecular flexibility index (Phi) is 4.35. The molecule has 0 unspecified atom stereocenters. The van der Waals surface area contributed by atoms with E-state index in [9.17, 15) is 8.42 Å². The van der Waals surface area contributed by atoms with Gasteiger partial charge in [-0.05, 0) is 35.7 Å². The minimum absolute atomic E-state index is 0.0151. The van der Waals surface area contributed by atoms with E-state index in [1.807, 2.05) is 30.3 Å². The molecule has 7 heteroatoms. The summed E-state index contributed by atoms with van der Waals surface area (Å²) in [5, 5.41) is 10.7. The quantitative estimate of drug-likeness (QED) is 0.433. The largest absolute Gasteiger partial charge is 0.261 e. The van der Waals surface area contributed by atoms with Crippen LogP contribution in [-0.4, -0.2) is 8.42 Å². The summed E-state index contributed by atoms with van der Waals surface area (Å²) in [6, 6.07) is 17.2. The van der Waals surface area contributed by atoms with Crippen LogP contribution in [-0.2, 0) is 9.05 Å². The van der Waals surface area contributed by atoms with Crippen molar-refractivity contribution in [3.05, 3.63) is 65.7 Å². The van der Waals surface area contributed by atoms with E-state index in [0.29, 0.717) is 16.4 Å². The van der Waals surface area contributed by atoms with Crippen LogP contribution in [0.3, 0.4) is 0 Å². The van der Waals surface area contributed by atoms with E-state index in [1.54, 1.807) is 6.07 Å². The van der Waals surface area contributed by atoms with Crippen LogP contribution in [0, 0.1) is 0 Å². The standard InChI is InChI=1S/C16H10Cl2N2O2S/c17-15-10-5-11-3-1-2-4-14(11)16(15)20-19-12-6-8-13(9-7-12)23(18,21)22/h1-10H. The molecule has 0 N–H and O–H groups in total. The zero-order valence-corrected chi connectivity index (χ0v) is 14.0. The Bertz CT molecular complexity index is 1000. The molecule has 0 spiro atoms. The summed E-state index contributed by atoms with van der Waals surface area (Å²) >= 11 is 6.20. The summed E-state index contributed by atoms with van der Waals surface area (Å²) in [6.45, 7) is 0. The van der Waals surface area contributed by atoms with Gasteiger partial charge < -0.3 is 0 Å². The van der Waals surface area contributed by atoms with Crippen LogP contribution in [0.1, 0.15) is 0 Å². The van der Waals surface area contributed by atoms with Gasteiger partial charge in [0.25, 0.3) is 9.05 Å². The summed E-state index contributed by atoms with van der Waals surface area (Å²) in [5.74, 6) is 0. The lowest BCUT2D eigenvalue weighted by molar-refractivity contribution is 0.609. The Labute approximate surface area is 142 Å². The fraction of sp³-hybridized carbons (Fsp3) is 0. The molecular weight excluding hydrogens is 355 g/mol. The number of nitrogens with zero attached hydrogens (tertiary/aromatic N) is 2. The van der Waals surface area contributed by atoms with Gasteiger partial charge in [-0.15, -0.1) is 5.11 Å². The first kappa shape index (κ1) is 15.9. The van der Waals surface area contributed by atoms with Gasteiger partial charge in [-0.3, -0.25) is 0 Å². The molecule has 0 aliphatic carbocycles. The fourth-order valence-corrected chi connectivity index (χ4v) is 3.09. The number of hydrogen-bond donors (Lipinski definition) is 0. The second-order valence-corrected chi connectivity index (χ2v) is 7.72. The van der Waals surface area contributed by atoms with Crippen molar-refractivity contribution in [2.24, 2.45) is 10.2 Å². The van der Waals surface area contributed by atoms with Gasteiger partial charge in [0.05, 0.1) is 15.6 Å². The van der Waals surface area contributed by atoms with Crippen molar-refractivity contribution in [2.75, 3.05) is 0 Å². The highest BCUT2D eigenvalue weighted by Crippen LogP contribution is 2.34. The average Bonchev–Trinajstić information content (AvgIpc) is 2.53. The SMILES string of the molecule is O=S(=O)(Cl)c1ccc(N=Nc2c(Cl)ccc3ccccc23)cc1. The predicted octanol–water partition coefficient (Wildman–Crippen LogP) is 5.84. The highest BCUT2D eigenvalue weighted by Gasteiger charge is 2.09. The van der Waals surface area contributed by atoms with Gasteiger partial charge in [-0.1, -0.05) is 41.9 Å². The number of rotatable bonds is 3. The third-order valence-electron chi connectivity index (χ3n) is 3.24. The maximum atomic E-state index is 11.2. The average molecular weight is 365 g/mol. The van der Waals surface area contributed by atoms with Crippen LogP contribution in [0.25, 0.3) is 10.8 Å². The van der Waals surface area contributed by atoms with E-state index in [1.165, 1.54) is 24.3 Å². The van der Waals surface area contributed by atoms with Crippen LogP contribution in [0.15, 0.2) is 75.8 Å². The molecule has 0 fully saturated rings. The first-order chi connectivity index (χ1) is 10.9. The third-order valence-corrected chi connectivity index (χ3v) is 4.91. The molecular formula is C16H10Cl2N2O2S. The summed E-state index contributed by atoms with van der Waals surface area (Å²) in [6.07, 6.45) is 0. The van der Waals surface area contributed by atoms with Crippen molar-refractivity contribution in [3.63, 3.8) is 0 Å². The van der Waals surface area contributed by atoms with E-state index in [2.05, 4.69) is 10.2 Å². The lowest BCUT2D eigenvalue weighted by atomic mass is 10.1. The monoisotopic (exact) mass is 364 g/mol. The van der Waals surface area contributed by atoms with E-state index in [-0.39, 0.29) is 4.90 Å². The summed E-state index contributed by atoms with van der Waals surface area (Å²) in [7, 11) is 1.53. The molecule has 0 saturated heterocycles. The van der Waals surface area contributed by atoms with Gasteiger partial charge in [0.2, 0.25) is 0 Å². The second-order valence-electron chi connectivity index (χ2n) is 4.75. The maximum Gasteiger partial charge on any atom is 0.261 e. The van der Waals surface area contributed by atoms with Gasteiger partial charge in [0.1, 0.15) is 5.69 Å².